The summed E-state index contributed by atoms with van der Waals surface area (Å²) in [6.45, 7) is 0. The van der Waals surface area contributed by atoms with Gasteiger partial charge in [-0.05, 0) is 16.3 Å². The van der Waals surface area contributed by atoms with Gasteiger partial charge in [-0.15, -0.1) is 0 Å². The summed E-state index contributed by atoms with van der Waals surface area (Å²) in [6, 6.07) is 12.3. The van der Waals surface area contributed by atoms with Gasteiger partial charge in [0.2, 0.25) is 0 Å². The highest BCUT2D eigenvalue weighted by Crippen LogP contribution is 2.32. The summed E-state index contributed by atoms with van der Waals surface area (Å²) in [7, 11) is 1.50. The van der Waals surface area contributed by atoms with Crippen molar-refractivity contribution < 1.29 is 4.79 Å². The molecule has 2 heterocycles. The van der Waals surface area contributed by atoms with E-state index in [0.29, 0.717) is 5.56 Å². The predicted octanol–water partition coefficient (Wildman–Crippen LogP) is 1.45. The van der Waals surface area contributed by atoms with Crippen LogP contribution in [-0.2, 0) is 7.05 Å². The van der Waals surface area contributed by atoms with Crippen LogP contribution in [0.25, 0.3) is 10.8 Å². The standard InChI is InChI=1S/C17H14N4O3/c1-21-14-12(15(22)20-17(21)24)13(18-16(23)19-14)11-8-4-6-9-5-2-3-7-10(9)11/h2-8,13H,1H3,(H2,18,19,23)(H,20,22,24). The second-order valence-corrected chi connectivity index (χ2v) is 5.68. The fourth-order valence-electron chi connectivity index (χ4n) is 3.14. The van der Waals surface area contributed by atoms with Gasteiger partial charge in [0.25, 0.3) is 5.56 Å². The Labute approximate surface area is 135 Å². The number of hydrogen-bond acceptors (Lipinski definition) is 3. The number of rotatable bonds is 1. The Morgan fingerprint density at radius 2 is 1.75 bits per heavy atom. The first-order valence-corrected chi connectivity index (χ1v) is 7.44. The number of carbonyl (C=O) groups excluding carboxylic acids is 1. The summed E-state index contributed by atoms with van der Waals surface area (Å²) >= 11 is 0. The second-order valence-electron chi connectivity index (χ2n) is 5.68. The lowest BCUT2D eigenvalue weighted by molar-refractivity contribution is 0.248. The third kappa shape index (κ3) is 2.02. The Balaban J connectivity index is 2.05. The number of nitrogens with zero attached hydrogens (tertiary/aromatic N) is 1. The van der Waals surface area contributed by atoms with Crippen molar-refractivity contribution in [2.24, 2.45) is 7.05 Å². The summed E-state index contributed by atoms with van der Waals surface area (Å²) in [4.78, 5) is 38.6. The first kappa shape index (κ1) is 14.3. The number of aromatic amines is 1. The van der Waals surface area contributed by atoms with Crippen LogP contribution in [0.5, 0.6) is 0 Å². The SMILES string of the molecule is Cn1c2c(c(=O)[nH]c1=O)C(c1cccc3ccccc13)NC(=O)N2. The molecule has 3 N–H and O–H groups in total. The number of urea groups is 1. The molecule has 120 valence electrons. The summed E-state index contributed by atoms with van der Waals surface area (Å²) < 4.78 is 1.23. The van der Waals surface area contributed by atoms with Gasteiger partial charge in [0.05, 0.1) is 11.6 Å². The summed E-state index contributed by atoms with van der Waals surface area (Å²) in [5.74, 6) is 0.213. The zero-order valence-corrected chi connectivity index (χ0v) is 12.8. The van der Waals surface area contributed by atoms with E-state index in [1.807, 2.05) is 42.5 Å². The average molecular weight is 322 g/mol. The Bertz CT molecular complexity index is 1090. The summed E-state index contributed by atoms with van der Waals surface area (Å²) in [5, 5.41) is 7.28. The van der Waals surface area contributed by atoms with E-state index < -0.39 is 23.3 Å². The number of anilines is 1. The van der Waals surface area contributed by atoms with Crippen LogP contribution in [0.1, 0.15) is 17.2 Å². The first-order chi connectivity index (χ1) is 11.6. The third-order valence-electron chi connectivity index (χ3n) is 4.29. The summed E-state index contributed by atoms with van der Waals surface area (Å²) in [5.41, 5.74) is 0.0255. The zero-order chi connectivity index (χ0) is 16.8. The van der Waals surface area contributed by atoms with E-state index in [-0.39, 0.29) is 5.82 Å². The fourth-order valence-corrected chi connectivity index (χ4v) is 3.14. The van der Waals surface area contributed by atoms with Gasteiger partial charge in [-0.25, -0.2) is 9.59 Å². The van der Waals surface area contributed by atoms with Gasteiger partial charge in [-0.2, -0.15) is 0 Å². The minimum absolute atomic E-state index is 0.213. The minimum Gasteiger partial charge on any atom is -0.327 e. The maximum absolute atomic E-state index is 12.4. The molecule has 7 nitrogen and oxygen atoms in total. The van der Waals surface area contributed by atoms with Gasteiger partial charge in [-0.3, -0.25) is 19.7 Å². The molecule has 1 atom stereocenters. The molecule has 0 aliphatic carbocycles. The van der Waals surface area contributed by atoms with Crippen molar-refractivity contribution in [2.45, 2.75) is 6.04 Å². The average Bonchev–Trinajstić information content (AvgIpc) is 2.58. The van der Waals surface area contributed by atoms with E-state index in [4.69, 9.17) is 0 Å². The Kier molecular flexibility index (Phi) is 3.02. The third-order valence-corrected chi connectivity index (χ3v) is 4.29. The molecule has 2 amide bonds. The number of nitrogens with one attached hydrogen (secondary N) is 3. The molecule has 0 spiro atoms. The quantitative estimate of drug-likeness (QED) is 0.633. The maximum Gasteiger partial charge on any atom is 0.329 e. The lowest BCUT2D eigenvalue weighted by Gasteiger charge is -2.28. The Morgan fingerprint density at radius 3 is 2.58 bits per heavy atom. The van der Waals surface area contributed by atoms with Crippen LogP contribution in [0.3, 0.4) is 0 Å². The molecule has 0 fully saturated rings. The van der Waals surface area contributed by atoms with E-state index >= 15 is 0 Å². The van der Waals surface area contributed by atoms with Crippen molar-refractivity contribution >= 4 is 22.6 Å². The molecule has 1 aromatic heterocycles. The molecule has 4 rings (SSSR count). The maximum atomic E-state index is 12.4. The van der Waals surface area contributed by atoms with E-state index in [1.165, 1.54) is 11.6 Å². The number of hydrogen-bond donors (Lipinski definition) is 3. The van der Waals surface area contributed by atoms with Crippen LogP contribution in [0, 0.1) is 0 Å². The van der Waals surface area contributed by atoms with Gasteiger partial charge >= 0.3 is 11.7 Å². The minimum atomic E-state index is -0.643. The van der Waals surface area contributed by atoms with Crippen molar-refractivity contribution in [3.63, 3.8) is 0 Å². The molecule has 1 unspecified atom stereocenters. The molecular weight excluding hydrogens is 308 g/mol. The lowest BCUT2D eigenvalue weighted by atomic mass is 9.93. The van der Waals surface area contributed by atoms with Crippen LogP contribution in [0.4, 0.5) is 10.6 Å². The highest BCUT2D eigenvalue weighted by Gasteiger charge is 2.31. The molecule has 0 bridgehead atoms. The topological polar surface area (TPSA) is 96.0 Å². The normalized spacial score (nSPS) is 16.4. The van der Waals surface area contributed by atoms with E-state index in [1.54, 1.807) is 0 Å². The zero-order valence-electron chi connectivity index (χ0n) is 12.8. The number of carbonyl (C=O) groups is 1. The molecule has 2 aromatic carbocycles. The highest BCUT2D eigenvalue weighted by molar-refractivity contribution is 5.94. The monoisotopic (exact) mass is 322 g/mol. The first-order valence-electron chi connectivity index (χ1n) is 7.44. The molecular formula is C17H14N4O3. The molecule has 1 aliphatic rings. The molecule has 0 radical (unpaired) electrons. The molecule has 1 aliphatic heterocycles. The van der Waals surface area contributed by atoms with E-state index in [0.717, 1.165) is 16.3 Å². The highest BCUT2D eigenvalue weighted by atomic mass is 16.2. The van der Waals surface area contributed by atoms with Crippen LogP contribution in [0.15, 0.2) is 52.1 Å². The Hall–Kier alpha value is -3.35. The van der Waals surface area contributed by atoms with Gasteiger partial charge in [0.1, 0.15) is 5.82 Å². The lowest BCUT2D eigenvalue weighted by Crippen LogP contribution is -2.46. The number of benzene rings is 2. The van der Waals surface area contributed by atoms with Crippen molar-refractivity contribution in [1.29, 1.82) is 0 Å². The molecule has 0 saturated heterocycles. The molecule has 0 saturated carbocycles. The van der Waals surface area contributed by atoms with E-state index in [9.17, 15) is 14.4 Å². The largest absolute Gasteiger partial charge is 0.329 e. The van der Waals surface area contributed by atoms with Crippen molar-refractivity contribution in [3.8, 4) is 0 Å². The van der Waals surface area contributed by atoms with Gasteiger partial charge in [0.15, 0.2) is 0 Å². The molecule has 24 heavy (non-hydrogen) atoms. The van der Waals surface area contributed by atoms with Gasteiger partial charge < -0.3 is 5.32 Å². The number of H-pyrrole nitrogens is 1. The number of fused-ring (bicyclic) bond motifs is 2. The van der Waals surface area contributed by atoms with E-state index in [2.05, 4.69) is 15.6 Å². The van der Waals surface area contributed by atoms with Crippen LogP contribution < -0.4 is 21.9 Å². The van der Waals surface area contributed by atoms with Crippen molar-refractivity contribution in [1.82, 2.24) is 14.9 Å². The number of aromatic nitrogens is 2. The fraction of sp³-hybridized carbons (Fsp3) is 0.118. The van der Waals surface area contributed by atoms with Crippen LogP contribution in [0.2, 0.25) is 0 Å². The Morgan fingerprint density at radius 1 is 1.00 bits per heavy atom. The molecule has 7 heteroatoms. The number of amides is 2. The van der Waals surface area contributed by atoms with Gasteiger partial charge in [0, 0.05) is 7.05 Å². The summed E-state index contributed by atoms with van der Waals surface area (Å²) in [6.07, 6.45) is 0. The second kappa shape index (κ2) is 5.09. The smallest absolute Gasteiger partial charge is 0.327 e. The molecule has 3 aromatic rings. The van der Waals surface area contributed by atoms with Crippen LogP contribution in [-0.4, -0.2) is 15.6 Å². The van der Waals surface area contributed by atoms with Gasteiger partial charge in [-0.1, -0.05) is 42.5 Å². The van der Waals surface area contributed by atoms with Crippen LogP contribution >= 0.6 is 0 Å². The predicted molar refractivity (Wildman–Crippen MR) is 90.2 cm³/mol. The van der Waals surface area contributed by atoms with Crippen molar-refractivity contribution in [2.75, 3.05) is 5.32 Å². The van der Waals surface area contributed by atoms with Crippen molar-refractivity contribution in [3.05, 3.63) is 74.4 Å².